The molecule has 2 atom stereocenters. The fraction of sp³-hybridized carbons (Fsp3) is 0.875. The van der Waals surface area contributed by atoms with Crippen molar-refractivity contribution in [1.29, 1.82) is 0 Å². The second-order valence-corrected chi connectivity index (χ2v) is 3.32. The van der Waals surface area contributed by atoms with Crippen molar-refractivity contribution in [3.8, 4) is 0 Å². The first-order chi connectivity index (χ1) is 5.65. The summed E-state index contributed by atoms with van der Waals surface area (Å²) in [6, 6.07) is -0.0510. The zero-order valence-electron chi connectivity index (χ0n) is 7.83. The van der Waals surface area contributed by atoms with Gasteiger partial charge in [0, 0.05) is 7.05 Å². The normalized spacial score (nSPS) is 28.9. The highest BCUT2D eigenvalue weighted by atomic mass is 16.7. The van der Waals surface area contributed by atoms with E-state index in [0.29, 0.717) is 5.92 Å². The lowest BCUT2D eigenvalue weighted by molar-refractivity contribution is -0.170. The van der Waals surface area contributed by atoms with E-state index in [1.54, 1.807) is 7.05 Å². The summed E-state index contributed by atoms with van der Waals surface area (Å²) in [5, 5.41) is 4.42. The number of hydrogen-bond donors (Lipinski definition) is 1. The van der Waals surface area contributed by atoms with Crippen LogP contribution >= 0.6 is 0 Å². The average Bonchev–Trinajstić information content (AvgIpc) is 2.49. The van der Waals surface area contributed by atoms with E-state index in [0.717, 1.165) is 13.0 Å². The zero-order valence-corrected chi connectivity index (χ0v) is 7.83. The number of nitrogens with zero attached hydrogens (tertiary/aromatic N) is 1. The monoisotopic (exact) mass is 172 g/mol. The van der Waals surface area contributed by atoms with Crippen molar-refractivity contribution in [2.45, 2.75) is 19.4 Å². The molecule has 70 valence electrons. The van der Waals surface area contributed by atoms with E-state index in [4.69, 9.17) is 4.84 Å². The molecule has 0 spiro atoms. The maximum atomic E-state index is 11.5. The third-order valence-corrected chi connectivity index (χ3v) is 2.23. The Morgan fingerprint density at radius 3 is 2.75 bits per heavy atom. The summed E-state index contributed by atoms with van der Waals surface area (Å²) in [4.78, 5) is 16.3. The molecule has 0 bridgehead atoms. The van der Waals surface area contributed by atoms with E-state index in [2.05, 4.69) is 12.2 Å². The lowest BCUT2D eigenvalue weighted by Gasteiger charge is -2.17. The molecule has 1 N–H and O–H groups in total. The summed E-state index contributed by atoms with van der Waals surface area (Å²) in [6.45, 7) is 3.06. The van der Waals surface area contributed by atoms with Crippen LogP contribution in [0.5, 0.6) is 0 Å². The Balaban J connectivity index is 2.43. The van der Waals surface area contributed by atoms with Crippen LogP contribution in [0.2, 0.25) is 0 Å². The first kappa shape index (κ1) is 9.48. The third kappa shape index (κ3) is 1.95. The molecule has 0 aliphatic carbocycles. The molecule has 0 aromatic heterocycles. The second kappa shape index (κ2) is 3.87. The van der Waals surface area contributed by atoms with Crippen molar-refractivity contribution < 1.29 is 9.63 Å². The SMILES string of the molecule is CON(C)C(=O)[C@@H]1C[C@H](C)CN1. The minimum Gasteiger partial charge on any atom is -0.306 e. The highest BCUT2D eigenvalue weighted by Crippen LogP contribution is 2.14. The smallest absolute Gasteiger partial charge is 0.262 e. The summed E-state index contributed by atoms with van der Waals surface area (Å²) in [6.07, 6.45) is 0.909. The summed E-state index contributed by atoms with van der Waals surface area (Å²) in [5.41, 5.74) is 0. The Hall–Kier alpha value is -0.610. The first-order valence-corrected chi connectivity index (χ1v) is 4.20. The molecule has 1 saturated heterocycles. The van der Waals surface area contributed by atoms with Crippen molar-refractivity contribution in [1.82, 2.24) is 10.4 Å². The van der Waals surface area contributed by atoms with Crippen molar-refractivity contribution in [3.63, 3.8) is 0 Å². The molecule has 1 amide bonds. The molecular formula is C8H16N2O2. The van der Waals surface area contributed by atoms with Crippen LogP contribution in [-0.2, 0) is 9.63 Å². The van der Waals surface area contributed by atoms with Crippen LogP contribution in [-0.4, -0.2) is 37.7 Å². The van der Waals surface area contributed by atoms with Gasteiger partial charge in [0.15, 0.2) is 0 Å². The summed E-state index contributed by atoms with van der Waals surface area (Å²) >= 11 is 0. The van der Waals surface area contributed by atoms with Gasteiger partial charge in [0.25, 0.3) is 5.91 Å². The van der Waals surface area contributed by atoms with Gasteiger partial charge in [-0.1, -0.05) is 6.92 Å². The Kier molecular flexibility index (Phi) is 3.05. The van der Waals surface area contributed by atoms with Crippen LogP contribution in [0.15, 0.2) is 0 Å². The number of carbonyl (C=O) groups is 1. The van der Waals surface area contributed by atoms with E-state index in [-0.39, 0.29) is 11.9 Å². The van der Waals surface area contributed by atoms with E-state index < -0.39 is 0 Å². The highest BCUT2D eigenvalue weighted by Gasteiger charge is 2.28. The topological polar surface area (TPSA) is 41.6 Å². The van der Waals surface area contributed by atoms with Gasteiger partial charge in [0.05, 0.1) is 13.2 Å². The molecule has 1 heterocycles. The standard InChI is InChI=1S/C8H16N2O2/c1-6-4-7(9-5-6)8(11)10(2)12-3/h6-7,9H,4-5H2,1-3H3/t6-,7-/m0/s1. The fourth-order valence-corrected chi connectivity index (χ4v) is 1.41. The zero-order chi connectivity index (χ0) is 9.14. The molecular weight excluding hydrogens is 156 g/mol. The van der Waals surface area contributed by atoms with Gasteiger partial charge in [-0.3, -0.25) is 9.63 Å². The van der Waals surface area contributed by atoms with Crippen LogP contribution < -0.4 is 5.32 Å². The number of carbonyl (C=O) groups excluding carboxylic acids is 1. The second-order valence-electron chi connectivity index (χ2n) is 3.32. The Labute approximate surface area is 72.8 Å². The van der Waals surface area contributed by atoms with Gasteiger partial charge in [-0.25, -0.2) is 5.06 Å². The quantitative estimate of drug-likeness (QED) is 0.596. The molecule has 0 saturated carbocycles. The summed E-state index contributed by atoms with van der Waals surface area (Å²) < 4.78 is 0. The first-order valence-electron chi connectivity index (χ1n) is 4.20. The lowest BCUT2D eigenvalue weighted by atomic mass is 10.1. The molecule has 0 radical (unpaired) electrons. The van der Waals surface area contributed by atoms with Crippen molar-refractivity contribution >= 4 is 5.91 Å². The molecule has 12 heavy (non-hydrogen) atoms. The minimum absolute atomic E-state index is 0.0156. The van der Waals surface area contributed by atoms with Crippen LogP contribution in [0.1, 0.15) is 13.3 Å². The van der Waals surface area contributed by atoms with Crippen LogP contribution in [0, 0.1) is 5.92 Å². The van der Waals surface area contributed by atoms with Crippen LogP contribution in [0.3, 0.4) is 0 Å². The van der Waals surface area contributed by atoms with E-state index in [9.17, 15) is 4.79 Å². The predicted molar refractivity (Wildman–Crippen MR) is 45.4 cm³/mol. The molecule has 1 aliphatic heterocycles. The molecule has 0 unspecified atom stereocenters. The number of hydroxylamine groups is 2. The Bertz CT molecular complexity index is 172. The van der Waals surface area contributed by atoms with Gasteiger partial charge in [-0.15, -0.1) is 0 Å². The van der Waals surface area contributed by atoms with Crippen molar-refractivity contribution in [2.75, 3.05) is 20.7 Å². The van der Waals surface area contributed by atoms with E-state index in [1.165, 1.54) is 12.2 Å². The minimum atomic E-state index is -0.0510. The predicted octanol–water partition coefficient (Wildman–Crippen LogP) is 0.00420. The van der Waals surface area contributed by atoms with Crippen molar-refractivity contribution in [2.24, 2.45) is 5.92 Å². The molecule has 1 aliphatic rings. The van der Waals surface area contributed by atoms with Gasteiger partial charge in [-0.2, -0.15) is 0 Å². The molecule has 4 nitrogen and oxygen atoms in total. The van der Waals surface area contributed by atoms with Crippen molar-refractivity contribution in [3.05, 3.63) is 0 Å². The molecule has 4 heteroatoms. The lowest BCUT2D eigenvalue weighted by Crippen LogP contribution is -2.40. The van der Waals surface area contributed by atoms with Gasteiger partial charge >= 0.3 is 0 Å². The van der Waals surface area contributed by atoms with E-state index in [1.807, 2.05) is 0 Å². The molecule has 1 rings (SSSR count). The van der Waals surface area contributed by atoms with Gasteiger partial charge in [-0.05, 0) is 18.9 Å². The summed E-state index contributed by atoms with van der Waals surface area (Å²) in [7, 11) is 3.13. The maximum absolute atomic E-state index is 11.5. The third-order valence-electron chi connectivity index (χ3n) is 2.23. The van der Waals surface area contributed by atoms with Gasteiger partial charge < -0.3 is 5.32 Å². The average molecular weight is 172 g/mol. The van der Waals surface area contributed by atoms with Crippen LogP contribution in [0.25, 0.3) is 0 Å². The number of likely N-dealkylation sites (N-methyl/N-ethyl adjacent to an activating group) is 1. The summed E-state index contributed by atoms with van der Waals surface area (Å²) in [5.74, 6) is 0.603. The molecule has 0 aromatic carbocycles. The van der Waals surface area contributed by atoms with Gasteiger partial charge in [0.2, 0.25) is 0 Å². The van der Waals surface area contributed by atoms with Crippen LogP contribution in [0.4, 0.5) is 0 Å². The maximum Gasteiger partial charge on any atom is 0.262 e. The number of rotatable bonds is 2. The fourth-order valence-electron chi connectivity index (χ4n) is 1.41. The molecule has 0 aromatic rings. The number of hydrogen-bond acceptors (Lipinski definition) is 3. The number of amides is 1. The molecule has 1 fully saturated rings. The number of nitrogens with one attached hydrogen (secondary N) is 1. The largest absolute Gasteiger partial charge is 0.306 e. The Morgan fingerprint density at radius 1 is 1.67 bits per heavy atom. The Morgan fingerprint density at radius 2 is 2.33 bits per heavy atom. The van der Waals surface area contributed by atoms with Gasteiger partial charge in [0.1, 0.15) is 0 Å². The van der Waals surface area contributed by atoms with E-state index >= 15 is 0 Å². The highest BCUT2D eigenvalue weighted by molar-refractivity contribution is 5.81.